The Kier molecular flexibility index (Phi) is 5.08. The van der Waals surface area contributed by atoms with Crippen molar-refractivity contribution >= 4 is 28.9 Å². The van der Waals surface area contributed by atoms with Crippen molar-refractivity contribution in [2.75, 3.05) is 10.2 Å². The zero-order valence-corrected chi connectivity index (χ0v) is 16.2. The number of imide groups is 1. The highest BCUT2D eigenvalue weighted by molar-refractivity contribution is 6.22. The fourth-order valence-corrected chi connectivity index (χ4v) is 5.04. The summed E-state index contributed by atoms with van der Waals surface area (Å²) >= 11 is 0. The molecule has 0 unspecified atom stereocenters. The molecule has 3 fully saturated rings. The summed E-state index contributed by atoms with van der Waals surface area (Å²) in [6.45, 7) is 2.10. The molecule has 2 saturated carbocycles. The van der Waals surface area contributed by atoms with Crippen LogP contribution in [0, 0.1) is 27.9 Å². The van der Waals surface area contributed by atoms with E-state index in [1.165, 1.54) is 17.4 Å². The molecule has 0 radical (unpaired) electrons. The third kappa shape index (κ3) is 3.38. The van der Waals surface area contributed by atoms with Crippen molar-refractivity contribution < 1.29 is 14.5 Å². The number of nitrogens with one attached hydrogen (secondary N) is 1. The number of benzene rings is 1. The quantitative estimate of drug-likeness (QED) is 0.475. The number of nitro benzene ring substituents is 1. The summed E-state index contributed by atoms with van der Waals surface area (Å²) in [6, 6.07) is 4.92. The standard InChI is InChI=1S/C21H27N3O4/c1-13-7-9-16-17(11-13)21(26)23(20(16)25)15-8-10-18(19(12-15)24(27)28)22-14-5-3-2-4-6-14/h8,10,12-14,16-17,22H,2-7,9,11H2,1H3/t13-,16+,17-/m1/s1. The SMILES string of the molecule is C[C@@H]1CC[C@@H]2C(=O)N(c3ccc(NC4CCCCC4)c([N+](=O)[O-])c3)C(=O)[C@@H]2C1. The highest BCUT2D eigenvalue weighted by Crippen LogP contribution is 2.43. The summed E-state index contributed by atoms with van der Waals surface area (Å²) < 4.78 is 0. The number of amides is 2. The second-order valence-corrected chi connectivity index (χ2v) is 8.58. The van der Waals surface area contributed by atoms with Crippen molar-refractivity contribution in [3.8, 4) is 0 Å². The average molecular weight is 385 g/mol. The van der Waals surface area contributed by atoms with Crippen LogP contribution in [0.1, 0.15) is 58.3 Å². The molecule has 1 saturated heterocycles. The van der Waals surface area contributed by atoms with E-state index >= 15 is 0 Å². The van der Waals surface area contributed by atoms with Gasteiger partial charge in [0.05, 0.1) is 22.4 Å². The Bertz CT molecular complexity index is 803. The van der Waals surface area contributed by atoms with E-state index in [1.807, 2.05) is 0 Å². The third-order valence-corrected chi connectivity index (χ3v) is 6.59. The van der Waals surface area contributed by atoms with Gasteiger partial charge in [-0.1, -0.05) is 26.2 Å². The van der Waals surface area contributed by atoms with Gasteiger partial charge in [0.1, 0.15) is 5.69 Å². The first-order valence-corrected chi connectivity index (χ1v) is 10.4. The van der Waals surface area contributed by atoms with Crippen LogP contribution in [0.15, 0.2) is 18.2 Å². The minimum absolute atomic E-state index is 0.0769. The van der Waals surface area contributed by atoms with Crippen LogP contribution in [0.25, 0.3) is 0 Å². The lowest BCUT2D eigenvalue weighted by atomic mass is 9.76. The fourth-order valence-electron chi connectivity index (χ4n) is 5.04. The van der Waals surface area contributed by atoms with E-state index in [-0.39, 0.29) is 35.4 Å². The van der Waals surface area contributed by atoms with E-state index in [2.05, 4.69) is 12.2 Å². The first-order valence-electron chi connectivity index (χ1n) is 10.4. The van der Waals surface area contributed by atoms with Gasteiger partial charge in [-0.05, 0) is 50.2 Å². The molecule has 28 heavy (non-hydrogen) atoms. The summed E-state index contributed by atoms with van der Waals surface area (Å²) in [5.74, 6) is -0.541. The van der Waals surface area contributed by atoms with Gasteiger partial charge in [-0.3, -0.25) is 19.7 Å². The minimum atomic E-state index is -0.436. The van der Waals surface area contributed by atoms with Crippen LogP contribution in [0.4, 0.5) is 17.1 Å². The van der Waals surface area contributed by atoms with Crippen LogP contribution >= 0.6 is 0 Å². The largest absolute Gasteiger partial charge is 0.377 e. The Balaban J connectivity index is 1.61. The number of nitrogens with zero attached hydrogens (tertiary/aromatic N) is 2. The maximum absolute atomic E-state index is 12.9. The van der Waals surface area contributed by atoms with Crippen LogP contribution < -0.4 is 10.2 Å². The van der Waals surface area contributed by atoms with Crippen LogP contribution in [-0.4, -0.2) is 22.8 Å². The molecule has 1 aromatic rings. The highest BCUT2D eigenvalue weighted by Gasteiger charge is 2.50. The summed E-state index contributed by atoms with van der Waals surface area (Å²) in [5, 5.41) is 15.0. The van der Waals surface area contributed by atoms with Gasteiger partial charge in [0.25, 0.3) is 5.69 Å². The van der Waals surface area contributed by atoms with Crippen molar-refractivity contribution in [2.45, 2.75) is 64.3 Å². The molecule has 1 aromatic carbocycles. The van der Waals surface area contributed by atoms with Crippen molar-refractivity contribution in [1.29, 1.82) is 0 Å². The number of hydrogen-bond acceptors (Lipinski definition) is 5. The predicted molar refractivity (Wildman–Crippen MR) is 106 cm³/mol. The van der Waals surface area contributed by atoms with E-state index in [1.54, 1.807) is 12.1 Å². The van der Waals surface area contributed by atoms with Crippen LogP contribution in [0.2, 0.25) is 0 Å². The van der Waals surface area contributed by atoms with Crippen molar-refractivity contribution in [3.05, 3.63) is 28.3 Å². The zero-order valence-electron chi connectivity index (χ0n) is 16.2. The van der Waals surface area contributed by atoms with E-state index in [0.717, 1.165) is 44.9 Å². The Morgan fingerprint density at radius 2 is 1.75 bits per heavy atom. The Morgan fingerprint density at radius 3 is 2.46 bits per heavy atom. The third-order valence-electron chi connectivity index (χ3n) is 6.59. The van der Waals surface area contributed by atoms with Gasteiger partial charge >= 0.3 is 0 Å². The van der Waals surface area contributed by atoms with Gasteiger partial charge in [-0.2, -0.15) is 0 Å². The molecule has 1 aliphatic heterocycles. The molecule has 7 nitrogen and oxygen atoms in total. The van der Waals surface area contributed by atoms with E-state index < -0.39 is 4.92 Å². The number of anilines is 2. The molecule has 7 heteroatoms. The number of rotatable bonds is 4. The zero-order chi connectivity index (χ0) is 19.8. The maximum atomic E-state index is 12.9. The van der Waals surface area contributed by atoms with Crippen LogP contribution in [0.5, 0.6) is 0 Å². The molecule has 1 heterocycles. The summed E-state index contributed by atoms with van der Waals surface area (Å²) in [7, 11) is 0. The molecule has 1 N–H and O–H groups in total. The Labute approximate surface area is 164 Å². The molecule has 0 spiro atoms. The second kappa shape index (κ2) is 7.53. The molecule has 0 aromatic heterocycles. The average Bonchev–Trinajstić information content (AvgIpc) is 2.93. The van der Waals surface area contributed by atoms with Crippen molar-refractivity contribution in [2.24, 2.45) is 17.8 Å². The maximum Gasteiger partial charge on any atom is 0.294 e. The predicted octanol–water partition coefficient (Wildman–Crippen LogP) is 4.27. The van der Waals surface area contributed by atoms with Crippen molar-refractivity contribution in [3.63, 3.8) is 0 Å². The number of hydrogen-bond donors (Lipinski definition) is 1. The smallest absolute Gasteiger partial charge is 0.294 e. The van der Waals surface area contributed by atoms with Crippen LogP contribution in [0.3, 0.4) is 0 Å². The van der Waals surface area contributed by atoms with Gasteiger partial charge in [-0.15, -0.1) is 0 Å². The second-order valence-electron chi connectivity index (χ2n) is 8.58. The number of fused-ring (bicyclic) bond motifs is 1. The lowest BCUT2D eigenvalue weighted by Gasteiger charge is -2.25. The van der Waals surface area contributed by atoms with Gasteiger partial charge in [0.15, 0.2) is 0 Å². The molecule has 3 atom stereocenters. The van der Waals surface area contributed by atoms with Gasteiger partial charge in [0, 0.05) is 12.1 Å². The number of carbonyl (C=O) groups excluding carboxylic acids is 2. The summed E-state index contributed by atoms with van der Waals surface area (Å²) in [5.41, 5.74) is 0.704. The Morgan fingerprint density at radius 1 is 1.04 bits per heavy atom. The molecule has 4 rings (SSSR count). The first-order chi connectivity index (χ1) is 13.5. The molecule has 3 aliphatic rings. The fraction of sp³-hybridized carbons (Fsp3) is 0.619. The van der Waals surface area contributed by atoms with E-state index in [0.29, 0.717) is 17.3 Å². The molecular formula is C21H27N3O4. The van der Waals surface area contributed by atoms with E-state index in [9.17, 15) is 19.7 Å². The highest BCUT2D eigenvalue weighted by atomic mass is 16.6. The topological polar surface area (TPSA) is 92.6 Å². The lowest BCUT2D eigenvalue weighted by Crippen LogP contribution is -2.31. The molecule has 2 aliphatic carbocycles. The number of carbonyl (C=O) groups is 2. The Hall–Kier alpha value is -2.44. The lowest BCUT2D eigenvalue weighted by molar-refractivity contribution is -0.383. The number of nitro groups is 1. The molecule has 150 valence electrons. The van der Waals surface area contributed by atoms with Gasteiger partial charge in [-0.25, -0.2) is 4.90 Å². The first kappa shape index (κ1) is 18.9. The molecule has 2 amide bonds. The van der Waals surface area contributed by atoms with Crippen molar-refractivity contribution in [1.82, 2.24) is 0 Å². The summed E-state index contributed by atoms with van der Waals surface area (Å²) in [4.78, 5) is 38.2. The minimum Gasteiger partial charge on any atom is -0.377 e. The monoisotopic (exact) mass is 385 g/mol. The van der Waals surface area contributed by atoms with Gasteiger partial charge in [0.2, 0.25) is 11.8 Å². The normalized spacial score (nSPS) is 28.3. The molecule has 0 bridgehead atoms. The van der Waals surface area contributed by atoms with Crippen LogP contribution in [-0.2, 0) is 9.59 Å². The summed E-state index contributed by atoms with van der Waals surface area (Å²) in [6.07, 6.45) is 7.85. The van der Waals surface area contributed by atoms with Gasteiger partial charge < -0.3 is 5.32 Å². The van der Waals surface area contributed by atoms with E-state index in [4.69, 9.17) is 0 Å². The molecular weight excluding hydrogens is 358 g/mol.